The summed E-state index contributed by atoms with van der Waals surface area (Å²) in [5, 5.41) is 9.63. The van der Waals surface area contributed by atoms with E-state index in [-0.39, 0.29) is 6.61 Å². The first kappa shape index (κ1) is 12.4. The lowest BCUT2D eigenvalue weighted by Gasteiger charge is -2.17. The Balaban J connectivity index is 2.63. The van der Waals surface area contributed by atoms with Crippen molar-refractivity contribution >= 4 is 5.97 Å². The Morgan fingerprint density at radius 3 is 2.69 bits per heavy atom. The van der Waals surface area contributed by atoms with Crippen LogP contribution in [0.15, 0.2) is 43.0 Å². The number of ether oxygens (including phenoxy) is 1. The van der Waals surface area contributed by atoms with Crippen LogP contribution in [0.25, 0.3) is 0 Å². The molecule has 3 N–H and O–H groups in total. The first-order valence-corrected chi connectivity index (χ1v) is 4.93. The highest BCUT2D eigenvalue weighted by atomic mass is 16.8. The van der Waals surface area contributed by atoms with Crippen LogP contribution in [0.5, 0.6) is 0 Å². The summed E-state index contributed by atoms with van der Waals surface area (Å²) in [4.78, 5) is 11.3. The van der Waals surface area contributed by atoms with E-state index in [0.29, 0.717) is 5.56 Å². The Morgan fingerprint density at radius 1 is 1.50 bits per heavy atom. The molecular formula is C12H15NO3. The van der Waals surface area contributed by atoms with Crippen molar-refractivity contribution in [1.82, 2.24) is 0 Å². The summed E-state index contributed by atoms with van der Waals surface area (Å²) < 4.78 is 4.71. The van der Waals surface area contributed by atoms with Crippen LogP contribution in [-0.2, 0) is 9.53 Å². The van der Waals surface area contributed by atoms with E-state index in [2.05, 4.69) is 6.58 Å². The predicted molar refractivity (Wildman–Crippen MR) is 60.5 cm³/mol. The number of hydrogen-bond acceptors (Lipinski definition) is 4. The molecule has 2 atom stereocenters. The summed E-state index contributed by atoms with van der Waals surface area (Å²) in [6.45, 7) is 3.47. The number of aliphatic hydroxyl groups excluding tert-OH is 1. The molecule has 0 amide bonds. The molecule has 0 saturated carbocycles. The number of rotatable bonds is 5. The highest BCUT2D eigenvalue weighted by Gasteiger charge is 2.25. The molecule has 0 aliphatic carbocycles. The van der Waals surface area contributed by atoms with Crippen LogP contribution in [0, 0.1) is 0 Å². The van der Waals surface area contributed by atoms with Gasteiger partial charge in [0.15, 0.2) is 6.10 Å². The van der Waals surface area contributed by atoms with Crippen molar-refractivity contribution in [3.8, 4) is 0 Å². The van der Waals surface area contributed by atoms with Gasteiger partial charge in [0.2, 0.25) is 0 Å². The number of carbonyl (C=O) groups is 1. The van der Waals surface area contributed by atoms with Crippen molar-refractivity contribution in [2.75, 3.05) is 6.61 Å². The van der Waals surface area contributed by atoms with Crippen molar-refractivity contribution in [1.29, 1.82) is 0 Å². The van der Waals surface area contributed by atoms with Gasteiger partial charge in [0.1, 0.15) is 6.61 Å². The highest BCUT2D eigenvalue weighted by Crippen LogP contribution is 2.14. The quantitative estimate of drug-likeness (QED) is 0.571. The fourth-order valence-corrected chi connectivity index (χ4v) is 1.23. The minimum absolute atomic E-state index is 0.0669. The molecule has 1 aromatic rings. The number of nitrogens with two attached hydrogens (primary N) is 1. The average Bonchev–Trinajstić information content (AvgIpc) is 2.35. The molecule has 0 aliphatic heterocycles. The number of hydrogen-bond donors (Lipinski definition) is 2. The van der Waals surface area contributed by atoms with E-state index in [9.17, 15) is 9.90 Å². The largest absolute Gasteiger partial charge is 0.459 e. The summed E-state index contributed by atoms with van der Waals surface area (Å²) in [5.41, 5.74) is 6.42. The zero-order valence-electron chi connectivity index (χ0n) is 8.87. The summed E-state index contributed by atoms with van der Waals surface area (Å²) >= 11 is 0. The second-order valence-corrected chi connectivity index (χ2v) is 3.30. The standard InChI is InChI=1S/C12H15NO3/c1-2-8-16-12(15)11(14)10(13)9-6-4-3-5-7-9/h2-7,10-11,14H,1,8,13H2/t10-,11-/m0/s1/i12+2. The lowest BCUT2D eigenvalue weighted by molar-refractivity contribution is -0.153. The summed E-state index contributed by atoms with van der Waals surface area (Å²) in [5.74, 6) is -0.740. The molecule has 86 valence electrons. The lowest BCUT2D eigenvalue weighted by atomic mass is 10.1. The Labute approximate surface area is 94.3 Å². The molecule has 4 nitrogen and oxygen atoms in total. The average molecular weight is 223 g/mol. The third-order valence-electron chi connectivity index (χ3n) is 2.11. The second kappa shape index (κ2) is 6.05. The maximum Gasteiger partial charge on any atom is 0.337 e. The van der Waals surface area contributed by atoms with Crippen LogP contribution in [0.3, 0.4) is 0 Å². The fraction of sp³-hybridized carbons (Fsp3) is 0.250. The van der Waals surface area contributed by atoms with E-state index in [1.165, 1.54) is 6.08 Å². The van der Waals surface area contributed by atoms with Gasteiger partial charge in [0, 0.05) is 0 Å². The topological polar surface area (TPSA) is 72.5 Å². The van der Waals surface area contributed by atoms with Crippen molar-refractivity contribution in [3.63, 3.8) is 0 Å². The maximum absolute atomic E-state index is 11.3. The van der Waals surface area contributed by atoms with Crippen molar-refractivity contribution in [3.05, 3.63) is 48.6 Å². The Hall–Kier alpha value is -1.65. The lowest BCUT2D eigenvalue weighted by Crippen LogP contribution is -2.34. The molecular weight excluding hydrogens is 208 g/mol. The third kappa shape index (κ3) is 3.18. The number of esters is 1. The SMILES string of the molecule is C=CCO[14C](=O)[C@@H](O)[C@@H](N)c1ccccc1. The van der Waals surface area contributed by atoms with Crippen LogP contribution in [-0.4, -0.2) is 23.8 Å². The highest BCUT2D eigenvalue weighted by molar-refractivity contribution is 5.75. The number of carbonyl (C=O) groups excluding carboxylic acids is 1. The molecule has 0 unspecified atom stereocenters. The monoisotopic (exact) mass is 223 g/mol. The number of aliphatic hydroxyl groups is 1. The van der Waals surface area contributed by atoms with Crippen LogP contribution in [0.4, 0.5) is 0 Å². The van der Waals surface area contributed by atoms with Gasteiger partial charge in [-0.05, 0) is 5.56 Å². The van der Waals surface area contributed by atoms with Gasteiger partial charge in [-0.25, -0.2) is 4.79 Å². The van der Waals surface area contributed by atoms with Crippen LogP contribution < -0.4 is 5.73 Å². The molecule has 1 aromatic carbocycles. The minimum atomic E-state index is -1.36. The normalized spacial score (nSPS) is 13.9. The molecule has 0 bridgehead atoms. The molecule has 0 saturated heterocycles. The van der Waals surface area contributed by atoms with Gasteiger partial charge in [-0.2, -0.15) is 0 Å². The summed E-state index contributed by atoms with van der Waals surface area (Å²) in [7, 11) is 0. The van der Waals surface area contributed by atoms with Gasteiger partial charge in [-0.3, -0.25) is 0 Å². The van der Waals surface area contributed by atoms with Crippen LogP contribution in [0.1, 0.15) is 11.6 Å². The zero-order chi connectivity index (χ0) is 12.0. The maximum atomic E-state index is 11.3. The van der Waals surface area contributed by atoms with Crippen LogP contribution >= 0.6 is 0 Å². The molecule has 0 aromatic heterocycles. The Kier molecular flexibility index (Phi) is 4.69. The fourth-order valence-electron chi connectivity index (χ4n) is 1.23. The molecule has 0 fully saturated rings. The van der Waals surface area contributed by atoms with E-state index in [1.807, 2.05) is 6.07 Å². The Morgan fingerprint density at radius 2 is 2.12 bits per heavy atom. The van der Waals surface area contributed by atoms with Gasteiger partial charge in [-0.15, -0.1) is 0 Å². The minimum Gasteiger partial charge on any atom is -0.459 e. The van der Waals surface area contributed by atoms with Gasteiger partial charge >= 0.3 is 5.97 Å². The van der Waals surface area contributed by atoms with Crippen LogP contribution in [0.2, 0.25) is 0 Å². The van der Waals surface area contributed by atoms with Crippen molar-refractivity contribution in [2.45, 2.75) is 12.1 Å². The summed E-state index contributed by atoms with van der Waals surface area (Å²) in [6.07, 6.45) is 0.0703. The third-order valence-corrected chi connectivity index (χ3v) is 2.11. The predicted octanol–water partition coefficient (Wildman–Crippen LogP) is 0.776. The molecule has 0 spiro atoms. The summed E-state index contributed by atoms with van der Waals surface area (Å²) in [6, 6.07) is 8.12. The van der Waals surface area contributed by atoms with E-state index in [1.54, 1.807) is 24.3 Å². The number of benzene rings is 1. The Bertz CT molecular complexity index is 351. The molecule has 0 radical (unpaired) electrons. The molecule has 0 aliphatic rings. The molecule has 1 rings (SSSR count). The molecule has 16 heavy (non-hydrogen) atoms. The van der Waals surface area contributed by atoms with Gasteiger partial charge in [-0.1, -0.05) is 43.0 Å². The first-order valence-electron chi connectivity index (χ1n) is 4.93. The van der Waals surface area contributed by atoms with Crippen molar-refractivity contribution < 1.29 is 14.6 Å². The van der Waals surface area contributed by atoms with Crippen molar-refractivity contribution in [2.24, 2.45) is 5.73 Å². The molecule has 0 heterocycles. The van der Waals surface area contributed by atoms with Gasteiger partial charge in [0.05, 0.1) is 6.04 Å². The van der Waals surface area contributed by atoms with E-state index in [0.717, 1.165) is 0 Å². The molecule has 4 heteroatoms. The van der Waals surface area contributed by atoms with Gasteiger partial charge < -0.3 is 15.6 Å². The van der Waals surface area contributed by atoms with E-state index in [4.69, 9.17) is 10.5 Å². The first-order chi connectivity index (χ1) is 7.66. The zero-order valence-corrected chi connectivity index (χ0v) is 8.87. The smallest absolute Gasteiger partial charge is 0.337 e. The van der Waals surface area contributed by atoms with E-state index >= 15 is 0 Å². The van der Waals surface area contributed by atoms with Gasteiger partial charge in [0.25, 0.3) is 0 Å². The van der Waals surface area contributed by atoms with E-state index < -0.39 is 18.1 Å². The second-order valence-electron chi connectivity index (χ2n) is 3.30.